The summed E-state index contributed by atoms with van der Waals surface area (Å²) in [5, 5.41) is 3.36. The van der Waals surface area contributed by atoms with Gasteiger partial charge in [0.15, 0.2) is 0 Å². The zero-order valence-corrected chi connectivity index (χ0v) is 6.18. The zero-order chi connectivity index (χ0) is 6.69. The van der Waals surface area contributed by atoms with Gasteiger partial charge in [-0.15, -0.1) is 0 Å². The van der Waals surface area contributed by atoms with Crippen LogP contribution in [0.3, 0.4) is 0 Å². The van der Waals surface area contributed by atoms with E-state index in [0.29, 0.717) is 12.1 Å². The van der Waals surface area contributed by atoms with Gasteiger partial charge in [0, 0.05) is 12.6 Å². The Morgan fingerprint density at radius 3 is 2.89 bits per heavy atom. The van der Waals surface area contributed by atoms with E-state index in [9.17, 15) is 0 Å². The lowest BCUT2D eigenvalue weighted by atomic mass is 10.2. The third-order valence-electron chi connectivity index (χ3n) is 1.73. The van der Waals surface area contributed by atoms with Crippen molar-refractivity contribution in [1.82, 2.24) is 5.32 Å². The Morgan fingerprint density at radius 2 is 2.44 bits per heavy atom. The minimum Gasteiger partial charge on any atom is -0.375 e. The topological polar surface area (TPSA) is 21.3 Å². The predicted molar refractivity (Wildman–Crippen MR) is 37.5 cm³/mol. The third-order valence-corrected chi connectivity index (χ3v) is 1.73. The normalized spacial score (nSPS) is 36.7. The van der Waals surface area contributed by atoms with Gasteiger partial charge in [0.2, 0.25) is 0 Å². The molecule has 1 N–H and O–H groups in total. The maximum absolute atomic E-state index is 5.48. The van der Waals surface area contributed by atoms with Gasteiger partial charge in [-0.3, -0.25) is 0 Å². The second kappa shape index (κ2) is 3.18. The highest BCUT2D eigenvalue weighted by Gasteiger charge is 2.14. The molecule has 0 bridgehead atoms. The van der Waals surface area contributed by atoms with E-state index >= 15 is 0 Å². The van der Waals surface area contributed by atoms with Crippen molar-refractivity contribution in [1.29, 1.82) is 0 Å². The lowest BCUT2D eigenvalue weighted by Gasteiger charge is -2.27. The lowest BCUT2D eigenvalue weighted by Crippen LogP contribution is -2.44. The third kappa shape index (κ3) is 1.95. The minimum absolute atomic E-state index is 0.459. The predicted octanol–water partition coefficient (Wildman–Crippen LogP) is 0.773. The molecule has 0 radical (unpaired) electrons. The molecule has 0 aromatic rings. The molecule has 0 spiro atoms. The molecule has 0 aliphatic carbocycles. The molecule has 9 heavy (non-hydrogen) atoms. The second-order valence-corrected chi connectivity index (χ2v) is 2.67. The van der Waals surface area contributed by atoms with Crippen molar-refractivity contribution in [3.8, 4) is 0 Å². The first kappa shape index (κ1) is 7.03. The molecule has 2 nitrogen and oxygen atoms in total. The van der Waals surface area contributed by atoms with Crippen LogP contribution in [-0.2, 0) is 4.74 Å². The highest BCUT2D eigenvalue weighted by atomic mass is 16.5. The van der Waals surface area contributed by atoms with E-state index in [4.69, 9.17) is 4.74 Å². The Kier molecular flexibility index (Phi) is 2.49. The summed E-state index contributed by atoms with van der Waals surface area (Å²) >= 11 is 0. The molecule has 2 heteroatoms. The van der Waals surface area contributed by atoms with Gasteiger partial charge in [0.05, 0.1) is 12.7 Å². The van der Waals surface area contributed by atoms with Crippen LogP contribution in [-0.4, -0.2) is 25.3 Å². The summed E-state index contributed by atoms with van der Waals surface area (Å²) in [5.74, 6) is 0. The molecule has 2 atom stereocenters. The molecule has 1 aliphatic rings. The van der Waals surface area contributed by atoms with Gasteiger partial charge in [-0.2, -0.15) is 0 Å². The molecule has 1 aliphatic heterocycles. The molecule has 2 unspecified atom stereocenters. The van der Waals surface area contributed by atoms with Crippen LogP contribution in [0.25, 0.3) is 0 Å². The molecular weight excluding hydrogens is 114 g/mol. The van der Waals surface area contributed by atoms with Crippen LogP contribution >= 0.6 is 0 Å². The first-order valence-corrected chi connectivity index (χ1v) is 3.68. The van der Waals surface area contributed by atoms with E-state index < -0.39 is 0 Å². The van der Waals surface area contributed by atoms with Crippen LogP contribution < -0.4 is 5.32 Å². The summed E-state index contributed by atoms with van der Waals surface area (Å²) in [6, 6.07) is 0.549. The van der Waals surface area contributed by atoms with Crippen LogP contribution in [0.4, 0.5) is 0 Å². The highest BCUT2D eigenvalue weighted by molar-refractivity contribution is 4.70. The van der Waals surface area contributed by atoms with Crippen LogP contribution in [0.5, 0.6) is 0 Å². The van der Waals surface area contributed by atoms with Crippen LogP contribution in [0.2, 0.25) is 0 Å². The van der Waals surface area contributed by atoms with E-state index in [1.165, 1.54) is 0 Å². The summed E-state index contributed by atoms with van der Waals surface area (Å²) in [6.07, 6.45) is 1.58. The zero-order valence-electron chi connectivity index (χ0n) is 6.18. The van der Waals surface area contributed by atoms with Gasteiger partial charge in [-0.25, -0.2) is 0 Å². The second-order valence-electron chi connectivity index (χ2n) is 2.67. The molecular formula is C7H15NO. The summed E-state index contributed by atoms with van der Waals surface area (Å²) in [5.41, 5.74) is 0. The molecule has 0 amide bonds. The first-order valence-electron chi connectivity index (χ1n) is 3.68. The van der Waals surface area contributed by atoms with Crippen molar-refractivity contribution in [2.24, 2.45) is 0 Å². The fourth-order valence-corrected chi connectivity index (χ4v) is 0.993. The standard InChI is InChI=1S/C7H15NO/c1-3-7-4-8-6(2)5-9-7/h6-8H,3-5H2,1-2H3. The van der Waals surface area contributed by atoms with Crippen molar-refractivity contribution >= 4 is 0 Å². The van der Waals surface area contributed by atoms with Gasteiger partial charge in [0.25, 0.3) is 0 Å². The summed E-state index contributed by atoms with van der Waals surface area (Å²) in [4.78, 5) is 0. The number of nitrogens with one attached hydrogen (secondary N) is 1. The van der Waals surface area contributed by atoms with Gasteiger partial charge in [-0.1, -0.05) is 6.92 Å². The van der Waals surface area contributed by atoms with E-state index in [-0.39, 0.29) is 0 Å². The van der Waals surface area contributed by atoms with Crippen molar-refractivity contribution < 1.29 is 4.74 Å². The van der Waals surface area contributed by atoms with Crippen molar-refractivity contribution in [3.63, 3.8) is 0 Å². The smallest absolute Gasteiger partial charge is 0.0697 e. The van der Waals surface area contributed by atoms with Gasteiger partial charge in [0.1, 0.15) is 0 Å². The molecule has 54 valence electrons. The molecule has 1 rings (SSSR count). The number of hydrogen-bond acceptors (Lipinski definition) is 2. The minimum atomic E-state index is 0.459. The Labute approximate surface area is 56.6 Å². The molecule has 0 aromatic carbocycles. The maximum Gasteiger partial charge on any atom is 0.0697 e. The molecule has 1 fully saturated rings. The van der Waals surface area contributed by atoms with E-state index in [1.807, 2.05) is 0 Å². The Bertz CT molecular complexity index is 77.0. The van der Waals surface area contributed by atoms with Crippen LogP contribution in [0.15, 0.2) is 0 Å². The van der Waals surface area contributed by atoms with Gasteiger partial charge >= 0.3 is 0 Å². The average Bonchev–Trinajstić information content (AvgIpc) is 1.90. The van der Waals surface area contributed by atoms with Crippen molar-refractivity contribution in [2.45, 2.75) is 32.4 Å². The summed E-state index contributed by atoms with van der Waals surface area (Å²) in [7, 11) is 0. The highest BCUT2D eigenvalue weighted by Crippen LogP contribution is 2.02. The first-order chi connectivity index (χ1) is 4.33. The molecule has 0 aromatic heterocycles. The average molecular weight is 129 g/mol. The van der Waals surface area contributed by atoms with Crippen molar-refractivity contribution in [3.05, 3.63) is 0 Å². The van der Waals surface area contributed by atoms with E-state index in [0.717, 1.165) is 19.6 Å². The number of ether oxygens (including phenoxy) is 1. The monoisotopic (exact) mass is 129 g/mol. The summed E-state index contributed by atoms with van der Waals surface area (Å²) < 4.78 is 5.48. The Balaban J connectivity index is 2.18. The van der Waals surface area contributed by atoms with Crippen LogP contribution in [0, 0.1) is 0 Å². The van der Waals surface area contributed by atoms with Gasteiger partial charge in [-0.05, 0) is 13.3 Å². The largest absolute Gasteiger partial charge is 0.375 e. The molecule has 1 saturated heterocycles. The fraction of sp³-hybridized carbons (Fsp3) is 1.00. The number of hydrogen-bond donors (Lipinski definition) is 1. The summed E-state index contributed by atoms with van der Waals surface area (Å²) in [6.45, 7) is 6.20. The van der Waals surface area contributed by atoms with Gasteiger partial charge < -0.3 is 10.1 Å². The fourth-order valence-electron chi connectivity index (χ4n) is 0.993. The SMILES string of the molecule is CCC1CNC(C)CO1. The molecule has 0 saturated carbocycles. The van der Waals surface area contributed by atoms with E-state index in [2.05, 4.69) is 19.2 Å². The van der Waals surface area contributed by atoms with Crippen LogP contribution in [0.1, 0.15) is 20.3 Å². The quantitative estimate of drug-likeness (QED) is 0.564. The Morgan fingerprint density at radius 1 is 1.67 bits per heavy atom. The lowest BCUT2D eigenvalue weighted by molar-refractivity contribution is 0.00650. The maximum atomic E-state index is 5.48. The number of rotatable bonds is 1. The number of morpholine rings is 1. The molecule has 1 heterocycles. The Hall–Kier alpha value is -0.0800. The van der Waals surface area contributed by atoms with Crippen molar-refractivity contribution in [2.75, 3.05) is 13.2 Å². The van der Waals surface area contributed by atoms with E-state index in [1.54, 1.807) is 0 Å².